The van der Waals surface area contributed by atoms with E-state index in [0.717, 1.165) is 34.2 Å². The maximum Gasteiger partial charge on any atom is 0.277 e. The summed E-state index contributed by atoms with van der Waals surface area (Å²) < 4.78 is 8.79. The Morgan fingerprint density at radius 2 is 1.84 bits per heavy atom. The molecule has 0 bridgehead atoms. The smallest absolute Gasteiger partial charge is 0.277 e. The van der Waals surface area contributed by atoms with Crippen molar-refractivity contribution in [2.45, 2.75) is 13.0 Å². The van der Waals surface area contributed by atoms with Gasteiger partial charge in [0.15, 0.2) is 0 Å². The van der Waals surface area contributed by atoms with Crippen LogP contribution in [-0.2, 0) is 20.0 Å². The maximum atomic E-state index is 12.9. The number of hydrogen-bond acceptors (Lipinski definition) is 3. The van der Waals surface area contributed by atoms with Crippen molar-refractivity contribution >= 4 is 21.9 Å². The van der Waals surface area contributed by atoms with Crippen molar-refractivity contribution in [3.8, 4) is 5.75 Å². The van der Waals surface area contributed by atoms with Crippen LogP contribution in [0.5, 0.6) is 5.75 Å². The van der Waals surface area contributed by atoms with Crippen LogP contribution in [0.15, 0.2) is 59.7 Å². The molecule has 0 saturated heterocycles. The Morgan fingerprint density at radius 3 is 2.60 bits per heavy atom. The summed E-state index contributed by atoms with van der Waals surface area (Å²) in [4.78, 5) is 17.5. The van der Waals surface area contributed by atoms with E-state index >= 15 is 0 Å². The molecule has 0 amide bonds. The highest BCUT2D eigenvalue weighted by Gasteiger charge is 2.13. The number of ether oxygens (including phenoxy) is 1. The molecule has 0 aliphatic carbocycles. The summed E-state index contributed by atoms with van der Waals surface area (Å²) in [6.07, 6.45) is 2.42. The lowest BCUT2D eigenvalue weighted by Crippen LogP contribution is -2.22. The molecule has 5 heteroatoms. The van der Waals surface area contributed by atoms with Gasteiger partial charge in [0, 0.05) is 19.0 Å². The predicted molar refractivity (Wildman–Crippen MR) is 99.2 cm³/mol. The van der Waals surface area contributed by atoms with Gasteiger partial charge in [0.1, 0.15) is 16.8 Å². The number of aryl methyl sites for hydroxylation is 3. The lowest BCUT2D eigenvalue weighted by Gasteiger charge is -2.07. The Hall–Kier alpha value is -3.08. The van der Waals surface area contributed by atoms with E-state index in [1.807, 2.05) is 60.1 Å². The Morgan fingerprint density at radius 1 is 1.08 bits per heavy atom. The summed E-state index contributed by atoms with van der Waals surface area (Å²) in [7, 11) is 3.57. The Balaban J connectivity index is 1.70. The molecule has 5 nitrogen and oxygen atoms in total. The quantitative estimate of drug-likeness (QED) is 0.576. The van der Waals surface area contributed by atoms with Gasteiger partial charge in [0.05, 0.1) is 19.0 Å². The SMILES string of the molecule is COc1ccc(CCn2cnc3c4ccccc4n(C)c3c2=O)cc1. The van der Waals surface area contributed by atoms with Crippen LogP contribution in [0, 0.1) is 0 Å². The van der Waals surface area contributed by atoms with Crippen LogP contribution in [0.25, 0.3) is 21.9 Å². The zero-order chi connectivity index (χ0) is 17.4. The van der Waals surface area contributed by atoms with Crippen molar-refractivity contribution in [3.63, 3.8) is 0 Å². The lowest BCUT2D eigenvalue weighted by molar-refractivity contribution is 0.414. The minimum atomic E-state index is -0.00258. The molecule has 126 valence electrons. The van der Waals surface area contributed by atoms with Gasteiger partial charge < -0.3 is 9.30 Å². The van der Waals surface area contributed by atoms with Crippen LogP contribution in [0.4, 0.5) is 0 Å². The van der Waals surface area contributed by atoms with E-state index < -0.39 is 0 Å². The number of rotatable bonds is 4. The fourth-order valence-electron chi connectivity index (χ4n) is 3.27. The van der Waals surface area contributed by atoms with Crippen LogP contribution in [0.2, 0.25) is 0 Å². The van der Waals surface area contributed by atoms with Crippen LogP contribution in [0.3, 0.4) is 0 Å². The van der Waals surface area contributed by atoms with Crippen molar-refractivity contribution in [3.05, 3.63) is 70.8 Å². The van der Waals surface area contributed by atoms with E-state index in [4.69, 9.17) is 4.74 Å². The van der Waals surface area contributed by atoms with E-state index in [1.165, 1.54) is 0 Å². The molecule has 0 spiro atoms. The second-order valence-corrected chi connectivity index (χ2v) is 6.11. The largest absolute Gasteiger partial charge is 0.497 e. The molecule has 0 atom stereocenters. The summed E-state index contributed by atoms with van der Waals surface area (Å²) in [6, 6.07) is 15.9. The molecule has 25 heavy (non-hydrogen) atoms. The fraction of sp³-hybridized carbons (Fsp3) is 0.200. The third-order valence-electron chi connectivity index (χ3n) is 4.67. The standard InChI is InChI=1S/C20H19N3O2/c1-22-17-6-4-3-5-16(17)18-19(22)20(24)23(13-21-18)12-11-14-7-9-15(25-2)10-8-14/h3-10,13H,11-12H2,1-2H3. The molecule has 0 radical (unpaired) electrons. The highest BCUT2D eigenvalue weighted by atomic mass is 16.5. The van der Waals surface area contributed by atoms with Crippen molar-refractivity contribution in [1.29, 1.82) is 0 Å². The topological polar surface area (TPSA) is 49.0 Å². The Bertz CT molecular complexity index is 1110. The minimum absolute atomic E-state index is 0.00258. The zero-order valence-corrected chi connectivity index (χ0v) is 14.3. The maximum absolute atomic E-state index is 12.9. The van der Waals surface area contributed by atoms with Gasteiger partial charge in [0.25, 0.3) is 5.56 Å². The van der Waals surface area contributed by atoms with Crippen molar-refractivity contribution in [2.75, 3.05) is 7.11 Å². The first-order valence-electron chi connectivity index (χ1n) is 8.24. The van der Waals surface area contributed by atoms with E-state index in [2.05, 4.69) is 4.98 Å². The summed E-state index contributed by atoms with van der Waals surface area (Å²) in [5, 5.41) is 1.01. The summed E-state index contributed by atoms with van der Waals surface area (Å²) in [6.45, 7) is 0.593. The van der Waals surface area contributed by atoms with Gasteiger partial charge >= 0.3 is 0 Å². The van der Waals surface area contributed by atoms with Gasteiger partial charge in [0.2, 0.25) is 0 Å². The minimum Gasteiger partial charge on any atom is -0.497 e. The number of para-hydroxylation sites is 1. The summed E-state index contributed by atoms with van der Waals surface area (Å²) in [5.41, 5.74) is 3.60. The average molecular weight is 333 g/mol. The van der Waals surface area contributed by atoms with E-state index in [1.54, 1.807) is 18.0 Å². The molecule has 4 aromatic rings. The van der Waals surface area contributed by atoms with E-state index in [-0.39, 0.29) is 5.56 Å². The van der Waals surface area contributed by atoms with Crippen LogP contribution < -0.4 is 10.3 Å². The molecule has 0 N–H and O–H groups in total. The summed E-state index contributed by atoms with van der Waals surface area (Å²) in [5.74, 6) is 0.833. The molecular formula is C20H19N3O2. The molecule has 0 fully saturated rings. The molecule has 0 saturated carbocycles. The lowest BCUT2D eigenvalue weighted by atomic mass is 10.1. The van der Waals surface area contributed by atoms with Gasteiger partial charge in [-0.2, -0.15) is 0 Å². The van der Waals surface area contributed by atoms with Crippen LogP contribution in [-0.4, -0.2) is 21.2 Å². The predicted octanol–water partition coefficient (Wildman–Crippen LogP) is 3.14. The molecule has 4 rings (SSSR count). The van der Waals surface area contributed by atoms with Crippen molar-refractivity contribution < 1.29 is 4.74 Å². The average Bonchev–Trinajstić information content (AvgIpc) is 2.95. The number of aromatic nitrogens is 3. The zero-order valence-electron chi connectivity index (χ0n) is 14.3. The molecule has 0 unspecified atom stereocenters. The highest BCUT2D eigenvalue weighted by Crippen LogP contribution is 2.23. The summed E-state index contributed by atoms with van der Waals surface area (Å²) >= 11 is 0. The van der Waals surface area contributed by atoms with Crippen LogP contribution in [0.1, 0.15) is 5.56 Å². The number of benzene rings is 2. The second kappa shape index (κ2) is 6.09. The normalized spacial score (nSPS) is 11.3. The molecule has 2 aromatic heterocycles. The van der Waals surface area contributed by atoms with E-state index in [9.17, 15) is 4.79 Å². The second-order valence-electron chi connectivity index (χ2n) is 6.11. The fourth-order valence-corrected chi connectivity index (χ4v) is 3.27. The first kappa shape index (κ1) is 15.4. The molecule has 2 aromatic carbocycles. The van der Waals surface area contributed by atoms with E-state index in [0.29, 0.717) is 12.1 Å². The first-order chi connectivity index (χ1) is 12.2. The van der Waals surface area contributed by atoms with Crippen LogP contribution >= 0.6 is 0 Å². The van der Waals surface area contributed by atoms with Gasteiger partial charge in [-0.25, -0.2) is 4.98 Å². The van der Waals surface area contributed by atoms with Crippen molar-refractivity contribution in [1.82, 2.24) is 14.1 Å². The number of methoxy groups -OCH3 is 1. The number of hydrogen-bond donors (Lipinski definition) is 0. The first-order valence-corrected chi connectivity index (χ1v) is 8.24. The van der Waals surface area contributed by atoms with Gasteiger partial charge in [-0.05, 0) is 30.2 Å². The monoisotopic (exact) mass is 333 g/mol. The molecule has 2 heterocycles. The highest BCUT2D eigenvalue weighted by molar-refractivity contribution is 6.05. The van der Waals surface area contributed by atoms with Crippen molar-refractivity contribution in [2.24, 2.45) is 7.05 Å². The van der Waals surface area contributed by atoms with Gasteiger partial charge in [-0.1, -0.05) is 30.3 Å². The third kappa shape index (κ3) is 2.58. The third-order valence-corrected chi connectivity index (χ3v) is 4.67. The Kier molecular flexibility index (Phi) is 3.76. The number of nitrogens with zero attached hydrogens (tertiary/aromatic N) is 3. The molecule has 0 aliphatic heterocycles. The molecular weight excluding hydrogens is 314 g/mol. The Labute approximate surface area is 145 Å². The molecule has 0 aliphatic rings. The van der Waals surface area contributed by atoms with Gasteiger partial charge in [-0.15, -0.1) is 0 Å². The number of fused-ring (bicyclic) bond motifs is 3. The van der Waals surface area contributed by atoms with Gasteiger partial charge in [-0.3, -0.25) is 9.36 Å².